The summed E-state index contributed by atoms with van der Waals surface area (Å²) >= 11 is 0. The van der Waals surface area contributed by atoms with Crippen LogP contribution in [0.15, 0.2) is 88.8 Å². The second kappa shape index (κ2) is 8.71. The second-order valence-electron chi connectivity index (χ2n) is 6.96. The summed E-state index contributed by atoms with van der Waals surface area (Å²) in [5.41, 5.74) is 3.69. The molecule has 0 saturated heterocycles. The normalized spacial score (nSPS) is 11.5. The first-order valence-corrected chi connectivity index (χ1v) is 9.68. The molecule has 0 fully saturated rings. The van der Waals surface area contributed by atoms with Crippen LogP contribution in [0.3, 0.4) is 0 Å². The average molecular weight is 414 g/mol. The van der Waals surface area contributed by atoms with Crippen molar-refractivity contribution in [3.8, 4) is 0 Å². The van der Waals surface area contributed by atoms with Gasteiger partial charge < -0.3 is 0 Å². The van der Waals surface area contributed by atoms with Gasteiger partial charge in [-0.1, -0.05) is 66.7 Å². The number of amides is 1. The Morgan fingerprint density at radius 3 is 2.35 bits per heavy atom. The number of carbonyl (C=O) groups excluding carboxylic acids is 1. The van der Waals surface area contributed by atoms with Crippen molar-refractivity contribution >= 4 is 22.4 Å². The highest BCUT2D eigenvalue weighted by Gasteiger charge is 2.17. The van der Waals surface area contributed by atoms with Crippen LogP contribution in [0, 0.1) is 5.82 Å². The summed E-state index contributed by atoms with van der Waals surface area (Å²) in [6.07, 6.45) is 0. The van der Waals surface area contributed by atoms with Gasteiger partial charge in [0, 0.05) is 10.9 Å². The van der Waals surface area contributed by atoms with E-state index < -0.39 is 11.7 Å². The maximum atomic E-state index is 14.0. The molecule has 4 aromatic rings. The molecule has 0 saturated carbocycles. The summed E-state index contributed by atoms with van der Waals surface area (Å²) in [6.45, 7) is 1.82. The SMILES string of the molecule is C/C(=N/NC(=O)c1nn(Cc2ccccc2)c(=O)c2ccccc12)c1ccccc1F. The molecule has 0 spiro atoms. The zero-order valence-corrected chi connectivity index (χ0v) is 16.7. The lowest BCUT2D eigenvalue weighted by molar-refractivity contribution is 0.0949. The highest BCUT2D eigenvalue weighted by molar-refractivity contribution is 6.06. The molecule has 4 rings (SSSR count). The van der Waals surface area contributed by atoms with E-state index in [4.69, 9.17) is 0 Å². The molecule has 0 aliphatic rings. The van der Waals surface area contributed by atoms with Gasteiger partial charge in [0.25, 0.3) is 11.5 Å². The number of aromatic nitrogens is 2. The van der Waals surface area contributed by atoms with Crippen LogP contribution in [0.25, 0.3) is 10.8 Å². The lowest BCUT2D eigenvalue weighted by Gasteiger charge is -2.10. The van der Waals surface area contributed by atoms with Gasteiger partial charge in [-0.25, -0.2) is 14.5 Å². The molecule has 3 aromatic carbocycles. The standard InChI is InChI=1S/C24H19FN4O2/c1-16(18-11-7-8-14-21(18)25)26-27-23(30)22-19-12-5-6-13-20(19)24(31)29(28-22)15-17-9-3-2-4-10-17/h2-14H,15H2,1H3,(H,27,30)/b26-16-. The van der Waals surface area contributed by atoms with Crippen LogP contribution in [0.4, 0.5) is 4.39 Å². The maximum Gasteiger partial charge on any atom is 0.292 e. The summed E-state index contributed by atoms with van der Waals surface area (Å²) in [5.74, 6) is -1.02. The topological polar surface area (TPSA) is 76.3 Å². The van der Waals surface area contributed by atoms with Crippen LogP contribution < -0.4 is 11.0 Å². The number of hydrazone groups is 1. The van der Waals surface area contributed by atoms with Crippen LogP contribution >= 0.6 is 0 Å². The molecule has 31 heavy (non-hydrogen) atoms. The Bertz CT molecular complexity index is 1350. The predicted octanol–water partition coefficient (Wildman–Crippen LogP) is 3.74. The third kappa shape index (κ3) is 4.25. The van der Waals surface area contributed by atoms with Gasteiger partial charge in [-0.15, -0.1) is 0 Å². The highest BCUT2D eigenvalue weighted by atomic mass is 19.1. The minimum atomic E-state index is -0.589. The van der Waals surface area contributed by atoms with Gasteiger partial charge in [-0.05, 0) is 24.6 Å². The molecule has 0 bridgehead atoms. The van der Waals surface area contributed by atoms with Gasteiger partial charge in [0.05, 0.1) is 17.6 Å². The maximum absolute atomic E-state index is 14.0. The number of halogens is 1. The Balaban J connectivity index is 1.71. The summed E-state index contributed by atoms with van der Waals surface area (Å²) in [6, 6.07) is 22.3. The van der Waals surface area contributed by atoms with Crippen molar-refractivity contribution in [2.24, 2.45) is 5.10 Å². The predicted molar refractivity (Wildman–Crippen MR) is 118 cm³/mol. The van der Waals surface area contributed by atoms with E-state index in [0.29, 0.717) is 16.5 Å². The van der Waals surface area contributed by atoms with E-state index in [-0.39, 0.29) is 23.4 Å². The van der Waals surface area contributed by atoms with Gasteiger partial charge in [0.15, 0.2) is 5.69 Å². The van der Waals surface area contributed by atoms with E-state index in [0.717, 1.165) is 5.56 Å². The third-order valence-electron chi connectivity index (χ3n) is 4.85. The number of nitrogens with zero attached hydrogens (tertiary/aromatic N) is 3. The molecule has 1 N–H and O–H groups in total. The van der Waals surface area contributed by atoms with Crippen LogP contribution in [0.1, 0.15) is 28.5 Å². The first-order chi connectivity index (χ1) is 15.0. The van der Waals surface area contributed by atoms with Gasteiger partial charge >= 0.3 is 0 Å². The Hall–Kier alpha value is -4.13. The largest absolute Gasteiger partial charge is 0.292 e. The lowest BCUT2D eigenvalue weighted by Crippen LogP contribution is -2.29. The quantitative estimate of drug-likeness (QED) is 0.399. The van der Waals surface area contributed by atoms with E-state index in [1.54, 1.807) is 49.4 Å². The number of hydrogen-bond donors (Lipinski definition) is 1. The Labute approximate surface area is 177 Å². The number of carbonyl (C=O) groups is 1. The molecule has 154 valence electrons. The molecule has 1 aromatic heterocycles. The van der Waals surface area contributed by atoms with Crippen LogP contribution in [-0.4, -0.2) is 21.4 Å². The van der Waals surface area contributed by atoms with Crippen LogP contribution in [0.5, 0.6) is 0 Å². The minimum Gasteiger partial charge on any atom is -0.267 e. The van der Waals surface area contributed by atoms with Gasteiger partial charge in [-0.2, -0.15) is 10.2 Å². The number of rotatable bonds is 5. The molecule has 7 heteroatoms. The number of fused-ring (bicyclic) bond motifs is 1. The van der Waals surface area contributed by atoms with E-state index in [9.17, 15) is 14.0 Å². The summed E-state index contributed by atoms with van der Waals surface area (Å²) in [7, 11) is 0. The molecule has 0 aliphatic heterocycles. The van der Waals surface area contributed by atoms with Crippen LogP contribution in [0.2, 0.25) is 0 Å². The Kier molecular flexibility index (Phi) is 5.66. The van der Waals surface area contributed by atoms with Gasteiger partial charge in [0.2, 0.25) is 0 Å². The van der Waals surface area contributed by atoms with Crippen molar-refractivity contribution in [1.82, 2.24) is 15.2 Å². The van der Waals surface area contributed by atoms with E-state index in [1.807, 2.05) is 30.3 Å². The zero-order chi connectivity index (χ0) is 21.8. The molecule has 1 heterocycles. The first-order valence-electron chi connectivity index (χ1n) is 9.68. The molecule has 0 atom stereocenters. The molecule has 6 nitrogen and oxygen atoms in total. The van der Waals surface area contributed by atoms with Crippen molar-refractivity contribution in [1.29, 1.82) is 0 Å². The molecular formula is C24H19FN4O2. The lowest BCUT2D eigenvalue weighted by atomic mass is 10.1. The van der Waals surface area contributed by atoms with Crippen molar-refractivity contribution in [3.63, 3.8) is 0 Å². The van der Waals surface area contributed by atoms with Crippen molar-refractivity contribution in [2.75, 3.05) is 0 Å². The third-order valence-corrected chi connectivity index (χ3v) is 4.85. The van der Waals surface area contributed by atoms with Crippen molar-refractivity contribution in [3.05, 3.63) is 112 Å². The molecule has 0 unspecified atom stereocenters. The average Bonchev–Trinajstić information content (AvgIpc) is 2.80. The van der Waals surface area contributed by atoms with E-state index in [2.05, 4.69) is 15.6 Å². The van der Waals surface area contributed by atoms with E-state index >= 15 is 0 Å². The fourth-order valence-electron chi connectivity index (χ4n) is 3.27. The van der Waals surface area contributed by atoms with Crippen molar-refractivity contribution < 1.29 is 9.18 Å². The minimum absolute atomic E-state index is 0.0659. The number of hydrogen-bond acceptors (Lipinski definition) is 4. The molecule has 1 amide bonds. The molecule has 0 radical (unpaired) electrons. The van der Waals surface area contributed by atoms with Crippen molar-refractivity contribution in [2.45, 2.75) is 13.5 Å². The molecular weight excluding hydrogens is 395 g/mol. The monoisotopic (exact) mass is 414 g/mol. The summed E-state index contributed by atoms with van der Waals surface area (Å²) < 4.78 is 15.2. The summed E-state index contributed by atoms with van der Waals surface area (Å²) in [4.78, 5) is 25.8. The van der Waals surface area contributed by atoms with Gasteiger partial charge in [0.1, 0.15) is 5.82 Å². The highest BCUT2D eigenvalue weighted by Crippen LogP contribution is 2.14. The number of benzene rings is 3. The second-order valence-corrected chi connectivity index (χ2v) is 6.96. The zero-order valence-electron chi connectivity index (χ0n) is 16.7. The fraction of sp³-hybridized carbons (Fsp3) is 0.0833. The molecule has 0 aliphatic carbocycles. The fourth-order valence-corrected chi connectivity index (χ4v) is 3.27. The smallest absolute Gasteiger partial charge is 0.267 e. The Morgan fingerprint density at radius 2 is 1.61 bits per heavy atom. The first kappa shape index (κ1) is 20.2. The number of nitrogens with one attached hydrogen (secondary N) is 1. The van der Waals surface area contributed by atoms with Gasteiger partial charge in [-0.3, -0.25) is 9.59 Å². The Morgan fingerprint density at radius 1 is 0.968 bits per heavy atom. The summed E-state index contributed by atoms with van der Waals surface area (Å²) in [5, 5.41) is 9.14. The van der Waals surface area contributed by atoms with Crippen LogP contribution in [-0.2, 0) is 6.54 Å². The van der Waals surface area contributed by atoms with E-state index in [1.165, 1.54) is 10.7 Å².